The summed E-state index contributed by atoms with van der Waals surface area (Å²) in [6, 6.07) is 8.52. The van der Waals surface area contributed by atoms with Crippen molar-refractivity contribution in [3.8, 4) is 28.7 Å². The SMILES string of the molecule is COc1ccc(C2COc3cc(OO[C@@H]4O[C@H](CO)[C@@H](O)[C@H](O)[C@H]4O)ccc3C2)c(O)c1OC. The first-order valence-electron chi connectivity index (χ1n) is 10.7. The fraction of sp³-hybridized carbons (Fsp3) is 0.478. The normalized spacial score (nSPS) is 28.5. The van der Waals surface area contributed by atoms with E-state index in [9.17, 15) is 25.5 Å². The van der Waals surface area contributed by atoms with Crippen LogP contribution in [0.5, 0.6) is 28.7 Å². The summed E-state index contributed by atoms with van der Waals surface area (Å²) in [7, 11) is 2.96. The average Bonchev–Trinajstić information content (AvgIpc) is 2.86. The number of phenols is 1. The van der Waals surface area contributed by atoms with Gasteiger partial charge >= 0.3 is 0 Å². The highest BCUT2D eigenvalue weighted by molar-refractivity contribution is 5.56. The molecular weight excluding hydrogens is 452 g/mol. The van der Waals surface area contributed by atoms with E-state index in [0.29, 0.717) is 30.1 Å². The van der Waals surface area contributed by atoms with Crippen LogP contribution in [-0.2, 0) is 16.0 Å². The van der Waals surface area contributed by atoms with Crippen LogP contribution in [0.3, 0.4) is 0 Å². The predicted molar refractivity (Wildman–Crippen MR) is 115 cm³/mol. The van der Waals surface area contributed by atoms with E-state index in [4.69, 9.17) is 28.7 Å². The number of ether oxygens (including phenoxy) is 4. The van der Waals surface area contributed by atoms with Crippen LogP contribution < -0.4 is 19.1 Å². The maximum Gasteiger partial charge on any atom is 0.232 e. The van der Waals surface area contributed by atoms with E-state index in [2.05, 4.69) is 0 Å². The maximum absolute atomic E-state index is 10.7. The van der Waals surface area contributed by atoms with Gasteiger partial charge in [-0.3, -0.25) is 0 Å². The van der Waals surface area contributed by atoms with Crippen molar-refractivity contribution in [1.29, 1.82) is 0 Å². The summed E-state index contributed by atoms with van der Waals surface area (Å²) in [5, 5.41) is 49.6. The number of rotatable bonds is 7. The lowest BCUT2D eigenvalue weighted by Gasteiger charge is -2.38. The van der Waals surface area contributed by atoms with Crippen LogP contribution >= 0.6 is 0 Å². The van der Waals surface area contributed by atoms with Gasteiger partial charge in [0.1, 0.15) is 30.2 Å². The van der Waals surface area contributed by atoms with Gasteiger partial charge in [0, 0.05) is 17.5 Å². The minimum absolute atomic E-state index is 0.00628. The first-order valence-corrected chi connectivity index (χ1v) is 10.7. The summed E-state index contributed by atoms with van der Waals surface area (Å²) in [5.74, 6) is 1.40. The first-order chi connectivity index (χ1) is 16.4. The second-order valence-corrected chi connectivity index (χ2v) is 8.10. The number of aliphatic hydroxyl groups is 4. The number of aliphatic hydroxyl groups excluding tert-OH is 4. The number of methoxy groups -OCH3 is 2. The second kappa shape index (κ2) is 10.2. The molecule has 2 aromatic rings. The smallest absolute Gasteiger partial charge is 0.232 e. The van der Waals surface area contributed by atoms with Crippen molar-refractivity contribution in [3.63, 3.8) is 0 Å². The lowest BCUT2D eigenvalue weighted by atomic mass is 9.89. The first kappa shape index (κ1) is 24.3. The molecule has 34 heavy (non-hydrogen) atoms. The van der Waals surface area contributed by atoms with Gasteiger partial charge in [0.2, 0.25) is 12.0 Å². The second-order valence-electron chi connectivity index (χ2n) is 8.10. The minimum Gasteiger partial charge on any atom is -0.504 e. The zero-order valence-electron chi connectivity index (χ0n) is 18.7. The molecule has 0 spiro atoms. The van der Waals surface area contributed by atoms with E-state index in [-0.39, 0.29) is 23.2 Å². The van der Waals surface area contributed by atoms with Crippen LogP contribution in [0, 0.1) is 0 Å². The Kier molecular flexibility index (Phi) is 7.31. The van der Waals surface area contributed by atoms with Crippen molar-refractivity contribution in [2.75, 3.05) is 27.4 Å². The maximum atomic E-state index is 10.7. The third-order valence-electron chi connectivity index (χ3n) is 6.02. The van der Waals surface area contributed by atoms with Crippen molar-refractivity contribution in [2.24, 2.45) is 0 Å². The zero-order valence-corrected chi connectivity index (χ0v) is 18.7. The van der Waals surface area contributed by atoms with Gasteiger partial charge in [0.05, 0.1) is 27.4 Å². The van der Waals surface area contributed by atoms with E-state index in [0.717, 1.165) is 5.56 Å². The number of benzene rings is 2. The molecule has 5 N–H and O–H groups in total. The number of hydrogen-bond acceptors (Lipinski definition) is 11. The fourth-order valence-electron chi connectivity index (χ4n) is 4.11. The number of phenolic OH excluding ortho intramolecular Hbond substituents is 1. The summed E-state index contributed by atoms with van der Waals surface area (Å²) in [6.07, 6.45) is -6.59. The Hall–Kier alpha value is -2.80. The molecule has 1 fully saturated rings. The van der Waals surface area contributed by atoms with Gasteiger partial charge in [-0.25, -0.2) is 0 Å². The molecule has 11 nitrogen and oxygen atoms in total. The lowest BCUT2D eigenvalue weighted by molar-refractivity contribution is -0.386. The largest absolute Gasteiger partial charge is 0.504 e. The van der Waals surface area contributed by atoms with Crippen LogP contribution in [0.15, 0.2) is 30.3 Å². The number of hydrogen-bond donors (Lipinski definition) is 5. The Morgan fingerprint density at radius 3 is 2.50 bits per heavy atom. The van der Waals surface area contributed by atoms with Crippen LogP contribution in [0.1, 0.15) is 17.0 Å². The number of fused-ring (bicyclic) bond motifs is 1. The summed E-state index contributed by atoms with van der Waals surface area (Å²) in [6.45, 7) is -0.276. The summed E-state index contributed by atoms with van der Waals surface area (Å²) < 4.78 is 21.6. The molecule has 1 saturated heterocycles. The van der Waals surface area contributed by atoms with Gasteiger partial charge in [0.15, 0.2) is 17.2 Å². The molecule has 6 atom stereocenters. The van der Waals surface area contributed by atoms with E-state index < -0.39 is 37.3 Å². The Morgan fingerprint density at radius 2 is 1.79 bits per heavy atom. The fourth-order valence-corrected chi connectivity index (χ4v) is 4.11. The van der Waals surface area contributed by atoms with Crippen LogP contribution in [0.25, 0.3) is 0 Å². The van der Waals surface area contributed by atoms with Crippen LogP contribution in [0.4, 0.5) is 0 Å². The Bertz CT molecular complexity index is 995. The van der Waals surface area contributed by atoms with E-state index >= 15 is 0 Å². The average molecular weight is 480 g/mol. The van der Waals surface area contributed by atoms with Crippen LogP contribution in [-0.4, -0.2) is 83.7 Å². The molecule has 2 aliphatic heterocycles. The molecule has 2 heterocycles. The Labute approximate surface area is 195 Å². The van der Waals surface area contributed by atoms with Gasteiger partial charge in [-0.2, -0.15) is 4.89 Å². The molecule has 4 rings (SSSR count). The Balaban J connectivity index is 1.43. The van der Waals surface area contributed by atoms with Crippen molar-refractivity contribution < 1.29 is 54.3 Å². The van der Waals surface area contributed by atoms with Gasteiger partial charge in [-0.15, -0.1) is 0 Å². The molecule has 11 heteroatoms. The van der Waals surface area contributed by atoms with Crippen molar-refractivity contribution in [1.82, 2.24) is 0 Å². The number of aromatic hydroxyl groups is 1. The minimum atomic E-state index is -1.58. The van der Waals surface area contributed by atoms with Crippen molar-refractivity contribution in [3.05, 3.63) is 41.5 Å². The molecule has 1 unspecified atom stereocenters. The van der Waals surface area contributed by atoms with E-state index in [1.54, 1.807) is 30.3 Å². The topological polar surface area (TPSA) is 157 Å². The Morgan fingerprint density at radius 1 is 1.00 bits per heavy atom. The molecule has 0 aromatic heterocycles. The molecular formula is C23H28O11. The monoisotopic (exact) mass is 480 g/mol. The van der Waals surface area contributed by atoms with Crippen molar-refractivity contribution >= 4 is 0 Å². The zero-order chi connectivity index (χ0) is 24.4. The summed E-state index contributed by atoms with van der Waals surface area (Å²) in [5.41, 5.74) is 1.56. The van der Waals surface area contributed by atoms with Gasteiger partial charge in [0.25, 0.3) is 0 Å². The standard InChI is InChI=1S/C23H28O11/c1-29-15-6-5-14(18(25)22(15)30-2)12-7-11-3-4-13(8-16(11)31-10-12)33-34-23-21(28)20(27)19(26)17(9-24)32-23/h3-6,8,12,17,19-21,23-28H,7,9-10H2,1-2H3/t12?,17-,19-,20+,21-,23+/m1/s1. The third-order valence-corrected chi connectivity index (χ3v) is 6.02. The lowest BCUT2D eigenvalue weighted by Crippen LogP contribution is -2.59. The highest BCUT2D eigenvalue weighted by atomic mass is 17.2. The molecule has 0 radical (unpaired) electrons. The van der Waals surface area contributed by atoms with Gasteiger partial charge < -0.3 is 49.4 Å². The quantitative estimate of drug-likeness (QED) is 0.273. The highest BCUT2D eigenvalue weighted by Gasteiger charge is 2.45. The van der Waals surface area contributed by atoms with Gasteiger partial charge in [-0.05, 0) is 24.1 Å². The third kappa shape index (κ3) is 4.58. The molecule has 2 aliphatic rings. The molecule has 2 aromatic carbocycles. The molecule has 186 valence electrons. The molecule has 0 aliphatic carbocycles. The molecule has 0 saturated carbocycles. The highest BCUT2D eigenvalue weighted by Crippen LogP contribution is 2.44. The molecule has 0 amide bonds. The van der Waals surface area contributed by atoms with Crippen molar-refractivity contribution in [2.45, 2.75) is 43.0 Å². The van der Waals surface area contributed by atoms with Crippen LogP contribution in [0.2, 0.25) is 0 Å². The summed E-state index contributed by atoms with van der Waals surface area (Å²) in [4.78, 5) is 10.3. The van der Waals surface area contributed by atoms with Gasteiger partial charge in [-0.1, -0.05) is 12.1 Å². The predicted octanol–water partition coefficient (Wildman–Crippen LogP) is 0.238. The summed E-state index contributed by atoms with van der Waals surface area (Å²) >= 11 is 0. The van der Waals surface area contributed by atoms with E-state index in [1.807, 2.05) is 0 Å². The molecule has 0 bridgehead atoms. The van der Waals surface area contributed by atoms with E-state index in [1.165, 1.54) is 14.2 Å².